The zero-order chi connectivity index (χ0) is 22.5. The quantitative estimate of drug-likeness (QED) is 0.681. The van der Waals surface area contributed by atoms with Gasteiger partial charge >= 0.3 is 0 Å². The van der Waals surface area contributed by atoms with E-state index in [1.165, 1.54) is 23.7 Å². The van der Waals surface area contributed by atoms with E-state index in [2.05, 4.69) is 10.7 Å². The van der Waals surface area contributed by atoms with Crippen molar-refractivity contribution in [2.24, 2.45) is 0 Å². The minimum Gasteiger partial charge on any atom is -0.497 e. The molecule has 2 atom stereocenters. The fourth-order valence-corrected chi connectivity index (χ4v) is 4.38. The largest absolute Gasteiger partial charge is 0.497 e. The standard InChI is InChI=1S/C22H25N3O5S/c1-5-30-19-12-16(23-14(3)26)8-11-18(19)20(27)24-25-21(28)13(2)31-22(25)15-6-9-17(29-4)10-7-15/h6-13,22H,5H2,1-4H3,(H,23,26)(H,24,27)/t13-,22+/m1/s1. The first-order chi connectivity index (χ1) is 14.8. The summed E-state index contributed by atoms with van der Waals surface area (Å²) in [6.07, 6.45) is 0. The molecule has 0 radical (unpaired) electrons. The van der Waals surface area contributed by atoms with Gasteiger partial charge in [-0.1, -0.05) is 12.1 Å². The predicted octanol–water partition coefficient (Wildman–Crippen LogP) is 3.36. The molecular formula is C22H25N3O5S. The summed E-state index contributed by atoms with van der Waals surface area (Å²) in [7, 11) is 1.59. The Balaban J connectivity index is 1.85. The maximum absolute atomic E-state index is 13.1. The minimum absolute atomic E-state index is 0.188. The lowest BCUT2D eigenvalue weighted by molar-refractivity contribution is -0.132. The van der Waals surface area contributed by atoms with Crippen LogP contribution in [-0.4, -0.2) is 41.7 Å². The Morgan fingerprint density at radius 3 is 2.48 bits per heavy atom. The van der Waals surface area contributed by atoms with Gasteiger partial charge in [0.2, 0.25) is 5.91 Å². The van der Waals surface area contributed by atoms with Gasteiger partial charge in [-0.3, -0.25) is 19.8 Å². The number of rotatable bonds is 7. The Bertz CT molecular complexity index is 980. The van der Waals surface area contributed by atoms with Crippen LogP contribution in [0.1, 0.15) is 42.1 Å². The third-order valence-corrected chi connectivity index (χ3v) is 5.97. The maximum Gasteiger partial charge on any atom is 0.273 e. The summed E-state index contributed by atoms with van der Waals surface area (Å²) in [4.78, 5) is 37.1. The summed E-state index contributed by atoms with van der Waals surface area (Å²) < 4.78 is 10.8. The number of nitrogens with one attached hydrogen (secondary N) is 2. The van der Waals surface area contributed by atoms with E-state index in [-0.39, 0.29) is 28.0 Å². The highest BCUT2D eigenvalue weighted by Gasteiger charge is 2.40. The molecule has 0 saturated carbocycles. The molecule has 8 nitrogen and oxygen atoms in total. The smallest absolute Gasteiger partial charge is 0.273 e. The number of hydrogen-bond donors (Lipinski definition) is 2. The highest BCUT2D eigenvalue weighted by atomic mass is 32.2. The molecule has 9 heteroatoms. The molecule has 0 bridgehead atoms. The molecule has 1 saturated heterocycles. The van der Waals surface area contributed by atoms with Crippen molar-refractivity contribution in [3.8, 4) is 11.5 Å². The number of carbonyl (C=O) groups excluding carboxylic acids is 3. The van der Waals surface area contributed by atoms with E-state index in [1.54, 1.807) is 32.2 Å². The fraction of sp³-hybridized carbons (Fsp3) is 0.318. The molecule has 0 aromatic heterocycles. The average molecular weight is 444 g/mol. The summed E-state index contributed by atoms with van der Waals surface area (Å²) in [5.41, 5.74) is 4.39. The number of thioether (sulfide) groups is 1. The maximum atomic E-state index is 13.1. The molecule has 3 rings (SSSR count). The van der Waals surface area contributed by atoms with E-state index in [0.717, 1.165) is 5.56 Å². The molecule has 3 amide bonds. The molecule has 1 heterocycles. The number of hydrogen-bond acceptors (Lipinski definition) is 6. The van der Waals surface area contributed by atoms with Crippen molar-refractivity contribution in [3.05, 3.63) is 53.6 Å². The Hall–Kier alpha value is -3.20. The Morgan fingerprint density at radius 2 is 1.87 bits per heavy atom. The van der Waals surface area contributed by atoms with Crippen LogP contribution >= 0.6 is 11.8 Å². The monoisotopic (exact) mass is 443 g/mol. The highest BCUT2D eigenvalue weighted by molar-refractivity contribution is 8.01. The van der Waals surface area contributed by atoms with Crippen LogP contribution in [-0.2, 0) is 9.59 Å². The van der Waals surface area contributed by atoms with Gasteiger partial charge in [0.15, 0.2) is 0 Å². The summed E-state index contributed by atoms with van der Waals surface area (Å²) in [6, 6.07) is 12.1. The Kier molecular flexibility index (Phi) is 7.06. The van der Waals surface area contributed by atoms with E-state index < -0.39 is 5.91 Å². The molecule has 2 N–H and O–H groups in total. The zero-order valence-electron chi connectivity index (χ0n) is 17.8. The first-order valence-electron chi connectivity index (χ1n) is 9.82. The SMILES string of the molecule is CCOc1cc(NC(C)=O)ccc1C(=O)NN1C(=O)[C@@H](C)S[C@H]1c1ccc(OC)cc1. The van der Waals surface area contributed by atoms with Crippen molar-refractivity contribution in [1.82, 2.24) is 10.4 Å². The highest BCUT2D eigenvalue weighted by Crippen LogP contribution is 2.42. The topological polar surface area (TPSA) is 97.0 Å². The van der Waals surface area contributed by atoms with Crippen LogP contribution in [0.15, 0.2) is 42.5 Å². The van der Waals surface area contributed by atoms with E-state index >= 15 is 0 Å². The van der Waals surface area contributed by atoms with Gasteiger partial charge in [0, 0.05) is 18.7 Å². The number of benzene rings is 2. The summed E-state index contributed by atoms with van der Waals surface area (Å²) in [5.74, 6) is 0.143. The number of nitrogens with zero attached hydrogens (tertiary/aromatic N) is 1. The number of carbonyl (C=O) groups is 3. The lowest BCUT2D eigenvalue weighted by atomic mass is 10.1. The molecule has 164 valence electrons. The molecule has 1 aliphatic rings. The van der Waals surface area contributed by atoms with E-state index in [9.17, 15) is 14.4 Å². The van der Waals surface area contributed by atoms with Crippen LogP contribution < -0.4 is 20.2 Å². The van der Waals surface area contributed by atoms with Crippen LogP contribution in [0.2, 0.25) is 0 Å². The predicted molar refractivity (Wildman–Crippen MR) is 119 cm³/mol. The molecule has 0 spiro atoms. The van der Waals surface area contributed by atoms with Gasteiger partial charge in [-0.15, -0.1) is 11.8 Å². The first-order valence-corrected chi connectivity index (χ1v) is 10.8. The second-order valence-electron chi connectivity index (χ2n) is 6.88. The van der Waals surface area contributed by atoms with Crippen molar-refractivity contribution in [1.29, 1.82) is 0 Å². The van der Waals surface area contributed by atoms with Gasteiger partial charge < -0.3 is 14.8 Å². The van der Waals surface area contributed by atoms with Crippen molar-refractivity contribution >= 4 is 35.2 Å². The van der Waals surface area contributed by atoms with Gasteiger partial charge in [-0.05, 0) is 43.7 Å². The summed E-state index contributed by atoms with van der Waals surface area (Å²) in [6.45, 7) is 5.35. The van der Waals surface area contributed by atoms with Crippen LogP contribution in [0.5, 0.6) is 11.5 Å². The van der Waals surface area contributed by atoms with Crippen LogP contribution in [0.4, 0.5) is 5.69 Å². The van der Waals surface area contributed by atoms with E-state index in [1.807, 2.05) is 31.2 Å². The van der Waals surface area contributed by atoms with Crippen molar-refractivity contribution in [2.75, 3.05) is 19.0 Å². The molecule has 31 heavy (non-hydrogen) atoms. The summed E-state index contributed by atoms with van der Waals surface area (Å²) in [5, 5.41) is 3.35. The Morgan fingerprint density at radius 1 is 1.16 bits per heavy atom. The minimum atomic E-state index is -0.473. The summed E-state index contributed by atoms with van der Waals surface area (Å²) >= 11 is 1.45. The fourth-order valence-electron chi connectivity index (χ4n) is 3.17. The van der Waals surface area contributed by atoms with E-state index in [4.69, 9.17) is 9.47 Å². The van der Waals surface area contributed by atoms with Crippen molar-refractivity contribution < 1.29 is 23.9 Å². The van der Waals surface area contributed by atoms with Crippen LogP contribution in [0.3, 0.4) is 0 Å². The zero-order valence-corrected chi connectivity index (χ0v) is 18.6. The lowest BCUT2D eigenvalue weighted by Crippen LogP contribution is -2.45. The molecule has 2 aromatic rings. The number of amides is 3. The first kappa shape index (κ1) is 22.5. The number of ether oxygens (including phenoxy) is 2. The number of anilines is 1. The molecule has 0 aliphatic carbocycles. The van der Waals surface area contributed by atoms with Gasteiger partial charge in [0.25, 0.3) is 11.8 Å². The van der Waals surface area contributed by atoms with Gasteiger partial charge in [0.1, 0.15) is 16.9 Å². The molecule has 2 aromatic carbocycles. The van der Waals surface area contributed by atoms with E-state index in [0.29, 0.717) is 23.8 Å². The Labute approximate surface area is 185 Å². The second kappa shape index (κ2) is 9.74. The van der Waals surface area contributed by atoms with Crippen molar-refractivity contribution in [3.63, 3.8) is 0 Å². The average Bonchev–Trinajstić information content (AvgIpc) is 3.02. The number of methoxy groups -OCH3 is 1. The van der Waals surface area contributed by atoms with Crippen molar-refractivity contribution in [2.45, 2.75) is 31.4 Å². The van der Waals surface area contributed by atoms with Crippen LogP contribution in [0.25, 0.3) is 0 Å². The third-order valence-electron chi connectivity index (χ3n) is 4.62. The van der Waals surface area contributed by atoms with Gasteiger partial charge in [-0.2, -0.15) is 0 Å². The molecule has 0 unspecified atom stereocenters. The molecule has 1 fully saturated rings. The third kappa shape index (κ3) is 5.11. The number of hydrazine groups is 1. The normalized spacial score (nSPS) is 17.9. The molecule has 1 aliphatic heterocycles. The van der Waals surface area contributed by atoms with Crippen LogP contribution in [0, 0.1) is 0 Å². The van der Waals surface area contributed by atoms with Gasteiger partial charge in [-0.25, -0.2) is 5.01 Å². The lowest BCUT2D eigenvalue weighted by Gasteiger charge is -2.25. The van der Waals surface area contributed by atoms with Gasteiger partial charge in [0.05, 0.1) is 24.5 Å². The molecular weight excluding hydrogens is 418 g/mol. The second-order valence-corrected chi connectivity index (χ2v) is 8.30.